The fraction of sp³-hybridized carbons (Fsp3) is 0.276. The molecule has 5 aromatic rings. The lowest BCUT2D eigenvalue weighted by atomic mass is 9.61. The van der Waals surface area contributed by atoms with E-state index in [0.29, 0.717) is 28.1 Å². The molecule has 3 fully saturated rings. The zero-order valence-electron chi connectivity index (χ0n) is 19.8. The Morgan fingerprint density at radius 1 is 0.946 bits per heavy atom. The topological polar surface area (TPSA) is 90.9 Å². The van der Waals surface area contributed by atoms with Gasteiger partial charge in [-0.25, -0.2) is 18.7 Å². The summed E-state index contributed by atoms with van der Waals surface area (Å²) in [5.74, 6) is -1.39. The number of carboxylic acid groups (broad SMARTS) is 1. The third-order valence-electron chi connectivity index (χ3n) is 8.32. The number of aromatic nitrogens is 3. The molecule has 2 heterocycles. The van der Waals surface area contributed by atoms with Gasteiger partial charge >= 0.3 is 5.97 Å². The normalized spacial score (nSPS) is 23.2. The van der Waals surface area contributed by atoms with Crippen molar-refractivity contribution < 1.29 is 18.7 Å². The number of benzene rings is 3. The van der Waals surface area contributed by atoms with Gasteiger partial charge in [0.1, 0.15) is 17.5 Å². The molecular formula is C29H24F2N4O2. The van der Waals surface area contributed by atoms with Crippen molar-refractivity contribution in [3.05, 3.63) is 66.4 Å². The van der Waals surface area contributed by atoms with Gasteiger partial charge in [-0.3, -0.25) is 4.79 Å². The maximum Gasteiger partial charge on any atom is 0.308 e. The van der Waals surface area contributed by atoms with E-state index in [1.807, 2.05) is 36.4 Å². The number of nitrogens with one attached hydrogen (secondary N) is 2. The molecule has 8 heteroatoms. The van der Waals surface area contributed by atoms with Gasteiger partial charge in [0.2, 0.25) is 0 Å². The Labute approximate surface area is 210 Å². The largest absolute Gasteiger partial charge is 0.481 e. The van der Waals surface area contributed by atoms with Crippen molar-refractivity contribution in [2.75, 3.05) is 5.32 Å². The van der Waals surface area contributed by atoms with Gasteiger partial charge in [0.15, 0.2) is 5.82 Å². The number of aromatic amines is 1. The summed E-state index contributed by atoms with van der Waals surface area (Å²) in [5, 5.41) is 16.8. The van der Waals surface area contributed by atoms with Crippen molar-refractivity contribution in [3.63, 3.8) is 0 Å². The average molecular weight is 499 g/mol. The Hall–Kier alpha value is -4.07. The molecule has 0 amide bonds. The number of fused-ring (bicyclic) bond motifs is 6. The third-order valence-corrected chi connectivity index (χ3v) is 8.32. The summed E-state index contributed by atoms with van der Waals surface area (Å²) in [7, 11) is 0. The molecule has 2 atom stereocenters. The smallest absolute Gasteiger partial charge is 0.308 e. The molecule has 186 valence electrons. The minimum absolute atomic E-state index is 0.146. The van der Waals surface area contributed by atoms with Crippen LogP contribution in [0.3, 0.4) is 0 Å². The molecule has 37 heavy (non-hydrogen) atoms. The van der Waals surface area contributed by atoms with Crippen LogP contribution in [-0.2, 0) is 4.79 Å². The number of carbonyl (C=O) groups is 1. The van der Waals surface area contributed by atoms with Crippen molar-refractivity contribution in [1.29, 1.82) is 0 Å². The molecule has 2 aromatic heterocycles. The minimum atomic E-state index is -0.779. The lowest BCUT2D eigenvalue weighted by Gasteiger charge is -2.47. The summed E-state index contributed by atoms with van der Waals surface area (Å²) in [4.78, 5) is 24.8. The van der Waals surface area contributed by atoms with E-state index in [4.69, 9.17) is 9.97 Å². The van der Waals surface area contributed by atoms with Crippen LogP contribution >= 0.6 is 0 Å². The van der Waals surface area contributed by atoms with Crippen molar-refractivity contribution in [3.8, 4) is 11.4 Å². The van der Waals surface area contributed by atoms with E-state index in [9.17, 15) is 18.7 Å². The molecule has 3 aromatic carbocycles. The molecule has 3 aliphatic carbocycles. The van der Waals surface area contributed by atoms with E-state index in [1.165, 1.54) is 6.07 Å². The van der Waals surface area contributed by atoms with E-state index in [2.05, 4.69) is 10.3 Å². The first-order chi connectivity index (χ1) is 18.0. The Kier molecular flexibility index (Phi) is 4.93. The summed E-state index contributed by atoms with van der Waals surface area (Å²) in [5.41, 5.74) is 1.33. The van der Waals surface area contributed by atoms with Crippen LogP contribution in [0.2, 0.25) is 0 Å². The highest BCUT2D eigenvalue weighted by atomic mass is 19.1. The highest BCUT2D eigenvalue weighted by Crippen LogP contribution is 2.47. The summed E-state index contributed by atoms with van der Waals surface area (Å²) >= 11 is 0. The van der Waals surface area contributed by atoms with Crippen LogP contribution in [0.5, 0.6) is 0 Å². The molecule has 3 N–H and O–H groups in total. The van der Waals surface area contributed by atoms with E-state index in [1.54, 1.807) is 6.20 Å². The lowest BCUT2D eigenvalue weighted by molar-refractivity contribution is -0.148. The quantitative estimate of drug-likeness (QED) is 0.246. The second-order valence-electron chi connectivity index (χ2n) is 10.3. The van der Waals surface area contributed by atoms with Gasteiger partial charge in [0.25, 0.3) is 0 Å². The summed E-state index contributed by atoms with van der Waals surface area (Å²) in [6, 6.07) is 13.8. The van der Waals surface area contributed by atoms with Gasteiger partial charge in [-0.05, 0) is 66.5 Å². The maximum absolute atomic E-state index is 14.4. The van der Waals surface area contributed by atoms with Crippen LogP contribution in [0.25, 0.3) is 44.0 Å². The van der Waals surface area contributed by atoms with Crippen LogP contribution < -0.4 is 5.32 Å². The predicted molar refractivity (Wildman–Crippen MR) is 138 cm³/mol. The zero-order valence-corrected chi connectivity index (χ0v) is 19.8. The van der Waals surface area contributed by atoms with Gasteiger partial charge in [-0.1, -0.05) is 24.3 Å². The van der Waals surface area contributed by atoms with Crippen LogP contribution in [0.15, 0.2) is 54.7 Å². The van der Waals surface area contributed by atoms with Crippen molar-refractivity contribution in [2.24, 2.45) is 17.8 Å². The molecule has 6 nitrogen and oxygen atoms in total. The standard InChI is InChI=1S/C29H24F2N4O2/c30-18-11-19-21(13-32-26(19)22(31)12-18)28-33-23-10-17-4-2-1-3-16(17)9-20(23)27(35-28)34-25-15-7-5-14(6-8-15)24(25)29(36)37/h1-4,9-15,24-25,32H,5-8H2,(H,36,37)(H,33,34,35)/t14?,15?,24-,25-/m1/s1. The SMILES string of the molecule is O=C(O)[C@@H]1C2CCC(CC2)[C@H]1Nc1nc(-c2c[nH]c3c(F)cc(F)cc23)nc2cc3ccccc3cc12. The van der Waals surface area contributed by atoms with Gasteiger partial charge in [0, 0.05) is 34.6 Å². The number of rotatable bonds is 4. The second-order valence-corrected chi connectivity index (χ2v) is 10.3. The number of hydrogen-bond acceptors (Lipinski definition) is 4. The molecule has 0 radical (unpaired) electrons. The number of aliphatic carboxylic acids is 1. The number of hydrogen-bond donors (Lipinski definition) is 3. The number of carboxylic acids is 1. The maximum atomic E-state index is 14.4. The number of halogens is 2. The lowest BCUT2D eigenvalue weighted by Crippen LogP contribution is -2.51. The van der Waals surface area contributed by atoms with Gasteiger partial charge in [-0.2, -0.15) is 0 Å². The highest BCUT2D eigenvalue weighted by Gasteiger charge is 2.47. The van der Waals surface area contributed by atoms with Gasteiger partial charge in [0.05, 0.1) is 17.0 Å². The van der Waals surface area contributed by atoms with Crippen LogP contribution in [-0.4, -0.2) is 32.1 Å². The van der Waals surface area contributed by atoms with Crippen molar-refractivity contribution >= 4 is 44.4 Å². The fourth-order valence-electron chi connectivity index (χ4n) is 6.56. The second kappa shape index (κ2) is 8.23. The summed E-state index contributed by atoms with van der Waals surface area (Å²) in [6.07, 6.45) is 5.44. The molecule has 8 rings (SSSR count). The van der Waals surface area contributed by atoms with E-state index < -0.39 is 23.5 Å². The Bertz CT molecular complexity index is 1710. The van der Waals surface area contributed by atoms with Crippen molar-refractivity contribution in [2.45, 2.75) is 31.7 Å². The zero-order chi connectivity index (χ0) is 25.3. The summed E-state index contributed by atoms with van der Waals surface area (Å²) in [6.45, 7) is 0. The average Bonchev–Trinajstić information content (AvgIpc) is 3.32. The van der Waals surface area contributed by atoms with E-state index >= 15 is 0 Å². The van der Waals surface area contributed by atoms with Crippen LogP contribution in [0, 0.1) is 29.4 Å². The molecule has 3 saturated carbocycles. The monoisotopic (exact) mass is 498 g/mol. The van der Waals surface area contributed by atoms with Crippen LogP contribution in [0.1, 0.15) is 25.7 Å². The molecule has 0 spiro atoms. The number of anilines is 1. The number of H-pyrrole nitrogens is 1. The Morgan fingerprint density at radius 2 is 1.68 bits per heavy atom. The van der Waals surface area contributed by atoms with E-state index in [0.717, 1.165) is 47.9 Å². The molecule has 0 unspecified atom stereocenters. The summed E-state index contributed by atoms with van der Waals surface area (Å²) < 4.78 is 28.5. The third kappa shape index (κ3) is 3.54. The van der Waals surface area contributed by atoms with Gasteiger partial charge in [-0.15, -0.1) is 0 Å². The van der Waals surface area contributed by atoms with Crippen LogP contribution in [0.4, 0.5) is 14.6 Å². The minimum Gasteiger partial charge on any atom is -0.481 e. The molecule has 0 aliphatic heterocycles. The predicted octanol–water partition coefficient (Wildman–Crippen LogP) is 6.51. The molecule has 3 aliphatic rings. The fourth-order valence-corrected chi connectivity index (χ4v) is 6.56. The van der Waals surface area contributed by atoms with E-state index in [-0.39, 0.29) is 23.4 Å². The Morgan fingerprint density at radius 3 is 2.43 bits per heavy atom. The molecule has 2 bridgehead atoms. The van der Waals surface area contributed by atoms with Crippen molar-refractivity contribution in [1.82, 2.24) is 15.0 Å². The highest BCUT2D eigenvalue weighted by molar-refractivity contribution is 6.03. The number of nitrogens with zero attached hydrogens (tertiary/aromatic N) is 2. The molecule has 0 saturated heterocycles. The first-order valence-electron chi connectivity index (χ1n) is 12.6. The first-order valence-corrected chi connectivity index (χ1v) is 12.6. The van der Waals surface area contributed by atoms with Gasteiger partial charge < -0.3 is 15.4 Å². The Balaban J connectivity index is 1.44. The first kappa shape index (κ1) is 22.2. The molecular weight excluding hydrogens is 474 g/mol.